The van der Waals surface area contributed by atoms with Gasteiger partial charge in [0.1, 0.15) is 0 Å². The third-order valence-corrected chi connectivity index (χ3v) is 7.21. The summed E-state index contributed by atoms with van der Waals surface area (Å²) in [7, 11) is 0. The Hall–Kier alpha value is -1.20. The quantitative estimate of drug-likeness (QED) is 0.858. The Morgan fingerprint density at radius 2 is 2.26 bits per heavy atom. The fraction of sp³-hybridized carbons (Fsp3) is 0.556. The van der Waals surface area contributed by atoms with Crippen LogP contribution in [0.2, 0.25) is 0 Å². The molecule has 2 aromatic heterocycles. The number of carbonyl (C=O) groups excluding carboxylic acids is 1. The highest BCUT2D eigenvalue weighted by Crippen LogP contribution is 2.49. The minimum atomic E-state index is 0.224. The summed E-state index contributed by atoms with van der Waals surface area (Å²) in [5, 5.41) is 6.30. The van der Waals surface area contributed by atoms with E-state index in [4.69, 9.17) is 0 Å². The lowest BCUT2D eigenvalue weighted by molar-refractivity contribution is -0.122. The van der Waals surface area contributed by atoms with Crippen LogP contribution in [0.4, 0.5) is 0 Å². The molecule has 1 amide bonds. The molecule has 4 rings (SSSR count). The van der Waals surface area contributed by atoms with Gasteiger partial charge in [-0.05, 0) is 56.1 Å². The van der Waals surface area contributed by atoms with Gasteiger partial charge < -0.3 is 5.32 Å². The SMILES string of the molecule is Cc1nc(-c2ccc(CNC(=O)C[C@H]3C[C@H]4CC[C@@H]3C4)s2)cs1. The fourth-order valence-electron chi connectivity index (χ4n) is 4.21. The fourth-order valence-corrected chi connectivity index (χ4v) is 5.81. The van der Waals surface area contributed by atoms with Crippen molar-refractivity contribution < 1.29 is 4.79 Å². The zero-order chi connectivity index (χ0) is 15.8. The molecule has 2 heterocycles. The number of hydrogen-bond donors (Lipinski definition) is 1. The van der Waals surface area contributed by atoms with Gasteiger partial charge in [-0.3, -0.25) is 4.79 Å². The number of carbonyl (C=O) groups is 1. The maximum Gasteiger partial charge on any atom is 0.220 e. The number of amides is 1. The molecule has 0 aromatic carbocycles. The van der Waals surface area contributed by atoms with E-state index in [0.717, 1.165) is 29.0 Å². The largest absolute Gasteiger partial charge is 0.351 e. The zero-order valence-corrected chi connectivity index (χ0v) is 15.0. The van der Waals surface area contributed by atoms with Crippen LogP contribution in [-0.4, -0.2) is 10.9 Å². The van der Waals surface area contributed by atoms with Crippen molar-refractivity contribution in [2.24, 2.45) is 17.8 Å². The number of aryl methyl sites for hydroxylation is 1. The topological polar surface area (TPSA) is 42.0 Å². The molecule has 122 valence electrons. The molecular formula is C18H22N2OS2. The van der Waals surface area contributed by atoms with Gasteiger partial charge in [0, 0.05) is 16.7 Å². The molecule has 1 N–H and O–H groups in total. The van der Waals surface area contributed by atoms with Crippen LogP contribution in [0.5, 0.6) is 0 Å². The molecule has 3 nitrogen and oxygen atoms in total. The molecule has 0 spiro atoms. The molecular weight excluding hydrogens is 324 g/mol. The molecule has 2 aliphatic rings. The van der Waals surface area contributed by atoms with Gasteiger partial charge in [0.15, 0.2) is 0 Å². The third-order valence-electron chi connectivity index (χ3n) is 5.33. The number of nitrogens with zero attached hydrogens (tertiary/aromatic N) is 1. The molecule has 3 atom stereocenters. The second kappa shape index (κ2) is 6.36. The van der Waals surface area contributed by atoms with Gasteiger partial charge in [-0.25, -0.2) is 4.98 Å². The second-order valence-electron chi connectivity index (χ2n) is 6.93. The Morgan fingerprint density at radius 1 is 1.35 bits per heavy atom. The number of thiazole rings is 1. The first kappa shape index (κ1) is 15.3. The summed E-state index contributed by atoms with van der Waals surface area (Å²) in [6.45, 7) is 2.67. The Kier molecular flexibility index (Phi) is 4.24. The van der Waals surface area contributed by atoms with Crippen LogP contribution in [0.15, 0.2) is 17.5 Å². The highest BCUT2D eigenvalue weighted by atomic mass is 32.1. The van der Waals surface area contributed by atoms with Crippen molar-refractivity contribution in [3.05, 3.63) is 27.4 Å². The molecule has 0 aliphatic heterocycles. The first-order valence-corrected chi connectivity index (χ1v) is 10.1. The third kappa shape index (κ3) is 3.36. The Labute approximate surface area is 145 Å². The molecule has 2 aliphatic carbocycles. The van der Waals surface area contributed by atoms with Crippen molar-refractivity contribution in [2.45, 2.75) is 45.6 Å². The van der Waals surface area contributed by atoms with E-state index in [1.54, 1.807) is 22.7 Å². The van der Waals surface area contributed by atoms with Gasteiger partial charge in [0.05, 0.1) is 22.1 Å². The standard InChI is InChI=1S/C18H22N2OS2/c1-11-20-16(10-22-11)17-5-4-15(23-17)9-19-18(21)8-14-7-12-2-3-13(14)6-12/h4-5,10,12-14H,2-3,6-9H2,1H3,(H,19,21)/t12-,13+,14+/m0/s1. The van der Waals surface area contributed by atoms with Gasteiger partial charge in [-0.15, -0.1) is 22.7 Å². The Bertz CT molecular complexity index is 705. The van der Waals surface area contributed by atoms with Crippen molar-refractivity contribution in [1.82, 2.24) is 10.3 Å². The molecule has 2 fully saturated rings. The van der Waals surface area contributed by atoms with E-state index < -0.39 is 0 Å². The summed E-state index contributed by atoms with van der Waals surface area (Å²) in [5.41, 5.74) is 1.05. The van der Waals surface area contributed by atoms with Crippen LogP contribution in [0, 0.1) is 24.7 Å². The average Bonchev–Trinajstić information content (AvgIpc) is 3.29. The van der Waals surface area contributed by atoms with Crippen LogP contribution < -0.4 is 5.32 Å². The first-order chi connectivity index (χ1) is 11.2. The van der Waals surface area contributed by atoms with Gasteiger partial charge in [0.25, 0.3) is 0 Å². The Balaban J connectivity index is 1.29. The maximum atomic E-state index is 12.2. The molecule has 23 heavy (non-hydrogen) atoms. The van der Waals surface area contributed by atoms with E-state index >= 15 is 0 Å². The number of aromatic nitrogens is 1. The molecule has 2 saturated carbocycles. The summed E-state index contributed by atoms with van der Waals surface area (Å²) in [5.74, 6) is 2.61. The predicted octanol–water partition coefficient (Wildman–Crippen LogP) is 4.62. The van der Waals surface area contributed by atoms with Crippen LogP contribution in [-0.2, 0) is 11.3 Å². The molecule has 0 unspecified atom stereocenters. The minimum Gasteiger partial charge on any atom is -0.351 e. The van der Waals surface area contributed by atoms with E-state index in [1.807, 2.05) is 6.92 Å². The zero-order valence-electron chi connectivity index (χ0n) is 13.4. The maximum absolute atomic E-state index is 12.2. The van der Waals surface area contributed by atoms with E-state index in [2.05, 4.69) is 27.8 Å². The molecule has 0 radical (unpaired) electrons. The highest BCUT2D eigenvalue weighted by molar-refractivity contribution is 7.16. The Morgan fingerprint density at radius 3 is 2.96 bits per heavy atom. The smallest absolute Gasteiger partial charge is 0.220 e. The summed E-state index contributed by atoms with van der Waals surface area (Å²) < 4.78 is 0. The number of rotatable bonds is 5. The number of fused-ring (bicyclic) bond motifs is 2. The predicted molar refractivity (Wildman–Crippen MR) is 95.6 cm³/mol. The molecule has 2 bridgehead atoms. The van der Waals surface area contributed by atoms with Crippen molar-refractivity contribution in [2.75, 3.05) is 0 Å². The lowest BCUT2D eigenvalue weighted by Crippen LogP contribution is -2.26. The van der Waals surface area contributed by atoms with Gasteiger partial charge in [-0.2, -0.15) is 0 Å². The van der Waals surface area contributed by atoms with Crippen molar-refractivity contribution >= 4 is 28.6 Å². The minimum absolute atomic E-state index is 0.224. The molecule has 5 heteroatoms. The summed E-state index contributed by atoms with van der Waals surface area (Å²) in [6.07, 6.45) is 6.13. The van der Waals surface area contributed by atoms with Crippen LogP contribution in [0.1, 0.15) is 42.0 Å². The number of hydrogen-bond acceptors (Lipinski definition) is 4. The normalized spacial score (nSPS) is 25.9. The van der Waals surface area contributed by atoms with Crippen LogP contribution >= 0.6 is 22.7 Å². The summed E-state index contributed by atoms with van der Waals surface area (Å²) >= 11 is 3.40. The number of thiophene rings is 1. The van der Waals surface area contributed by atoms with Gasteiger partial charge in [0.2, 0.25) is 5.91 Å². The lowest BCUT2D eigenvalue weighted by Gasteiger charge is -2.20. The van der Waals surface area contributed by atoms with E-state index in [-0.39, 0.29) is 5.91 Å². The average molecular weight is 347 g/mol. The van der Waals surface area contributed by atoms with Crippen LogP contribution in [0.25, 0.3) is 10.6 Å². The van der Waals surface area contributed by atoms with Crippen molar-refractivity contribution in [1.29, 1.82) is 0 Å². The monoisotopic (exact) mass is 346 g/mol. The van der Waals surface area contributed by atoms with Gasteiger partial charge >= 0.3 is 0 Å². The highest BCUT2D eigenvalue weighted by Gasteiger charge is 2.39. The molecule has 0 saturated heterocycles. The summed E-state index contributed by atoms with van der Waals surface area (Å²) in [6, 6.07) is 4.21. The summed E-state index contributed by atoms with van der Waals surface area (Å²) in [4.78, 5) is 19.1. The van der Waals surface area contributed by atoms with E-state index in [1.165, 1.54) is 35.4 Å². The van der Waals surface area contributed by atoms with Crippen molar-refractivity contribution in [3.8, 4) is 10.6 Å². The first-order valence-electron chi connectivity index (χ1n) is 8.45. The second-order valence-corrected chi connectivity index (χ2v) is 9.16. The van der Waals surface area contributed by atoms with Gasteiger partial charge in [-0.1, -0.05) is 6.42 Å². The molecule has 2 aromatic rings. The lowest BCUT2D eigenvalue weighted by atomic mass is 9.86. The van der Waals surface area contributed by atoms with E-state index in [9.17, 15) is 4.79 Å². The number of nitrogens with one attached hydrogen (secondary N) is 1. The van der Waals surface area contributed by atoms with Crippen LogP contribution in [0.3, 0.4) is 0 Å². The van der Waals surface area contributed by atoms with E-state index in [0.29, 0.717) is 12.5 Å². The van der Waals surface area contributed by atoms with Crippen molar-refractivity contribution in [3.63, 3.8) is 0 Å².